The number of carboxylic acids is 5. The number of azo groups is 2. The predicted octanol–water partition coefficient (Wildman–Crippen LogP) is 7.10. The number of halogens is 2. The van der Waals surface area contributed by atoms with Crippen LogP contribution in [0.25, 0.3) is 0 Å². The van der Waals surface area contributed by atoms with Gasteiger partial charge in [-0.1, -0.05) is 23.2 Å². The first-order valence-corrected chi connectivity index (χ1v) is 23.5. The average Bonchev–Trinajstić information content (AvgIpc) is 3.27. The van der Waals surface area contributed by atoms with Crippen LogP contribution in [0.5, 0.6) is 11.5 Å². The summed E-state index contributed by atoms with van der Waals surface area (Å²) in [6.07, 6.45) is -0.486. The van der Waals surface area contributed by atoms with Gasteiger partial charge < -0.3 is 51.0 Å². The summed E-state index contributed by atoms with van der Waals surface area (Å²) in [7, 11) is -8.83. The first kappa shape index (κ1) is 53.8. The molecule has 0 spiro atoms. The number of carbonyl (C=O) groups is 5. The van der Waals surface area contributed by atoms with Crippen LogP contribution in [-0.2, 0) is 25.0 Å². The molecule has 32 heteroatoms. The molecule has 0 aliphatic rings. The molecule has 4 aromatic carbocycles. The van der Waals surface area contributed by atoms with Crippen LogP contribution >= 0.6 is 23.2 Å². The first-order valence-electron chi connectivity index (χ1n) is 19.5. The lowest BCUT2D eigenvalue weighted by molar-refractivity contribution is -0.135. The van der Waals surface area contributed by atoms with Crippen molar-refractivity contribution >= 4 is 125 Å². The minimum Gasteiger partial charge on any atom is -0.491 e. The smallest absolute Gasteiger partial charge is 0.335 e. The lowest BCUT2D eigenvalue weighted by Crippen LogP contribution is -2.16. The molecule has 10 N–H and O–H groups in total. The van der Waals surface area contributed by atoms with Crippen LogP contribution < -0.4 is 25.4 Å². The van der Waals surface area contributed by atoms with Crippen molar-refractivity contribution in [2.75, 3.05) is 47.2 Å². The van der Waals surface area contributed by atoms with E-state index in [0.717, 1.165) is 36.4 Å². The number of nitrogens with one attached hydrogen (secondary N) is 3. The average molecular weight is 1070 g/mol. The number of anilines is 5. The van der Waals surface area contributed by atoms with E-state index in [1.807, 2.05) is 0 Å². The van der Waals surface area contributed by atoms with E-state index < -0.39 is 90.4 Å². The van der Waals surface area contributed by atoms with Gasteiger partial charge in [-0.25, -0.2) is 19.2 Å². The number of nitrogens with zero attached hydrogens (tertiary/aromatic N) is 7. The normalized spacial score (nSPS) is 11.6. The van der Waals surface area contributed by atoms with Crippen molar-refractivity contribution in [2.24, 2.45) is 20.5 Å². The summed E-state index contributed by atoms with van der Waals surface area (Å²) < 4.78 is 75.7. The highest BCUT2D eigenvalue weighted by Gasteiger charge is 2.19. The molecule has 5 rings (SSSR count). The molecule has 0 radical (unpaired) electrons. The molecule has 0 bridgehead atoms. The Morgan fingerprint density at radius 1 is 0.521 bits per heavy atom. The minimum atomic E-state index is -4.42. The highest BCUT2D eigenvalue weighted by molar-refractivity contribution is 7.86. The van der Waals surface area contributed by atoms with Crippen LogP contribution in [0.4, 0.5) is 52.0 Å². The molecule has 1 heterocycles. The van der Waals surface area contributed by atoms with Gasteiger partial charge in [0.15, 0.2) is 0 Å². The number of hydrogen-bond donors (Lipinski definition) is 10. The van der Waals surface area contributed by atoms with Crippen LogP contribution in [0.15, 0.2) is 81.1 Å². The maximum absolute atomic E-state index is 11.6. The number of aromatic nitrogens is 3. The third kappa shape index (κ3) is 16.8. The molecule has 28 nitrogen and oxygen atoms in total. The van der Waals surface area contributed by atoms with Crippen molar-refractivity contribution < 1.29 is 84.9 Å². The number of benzene rings is 4. The van der Waals surface area contributed by atoms with Gasteiger partial charge in [0.25, 0.3) is 20.2 Å². The third-order valence-corrected chi connectivity index (χ3v) is 10.8. The van der Waals surface area contributed by atoms with E-state index >= 15 is 0 Å². The largest absolute Gasteiger partial charge is 0.491 e. The molecule has 5 aromatic rings. The van der Waals surface area contributed by atoms with E-state index in [9.17, 15) is 75.4 Å². The van der Waals surface area contributed by atoms with E-state index in [1.54, 1.807) is 0 Å². The Kier molecular flexibility index (Phi) is 17.8. The van der Waals surface area contributed by atoms with E-state index in [2.05, 4.69) is 51.4 Å². The van der Waals surface area contributed by atoms with Gasteiger partial charge in [-0.15, -0.1) is 10.2 Å². The van der Waals surface area contributed by atoms with E-state index in [-0.39, 0.29) is 99.6 Å². The van der Waals surface area contributed by atoms with Gasteiger partial charge in [-0.2, -0.15) is 42.0 Å². The highest BCUT2D eigenvalue weighted by Crippen LogP contribution is 2.41. The number of rotatable bonds is 25. The minimum absolute atomic E-state index is 0.0619. The molecule has 0 saturated carbocycles. The predicted molar refractivity (Wildman–Crippen MR) is 248 cm³/mol. The Bertz CT molecular complexity index is 2950. The fourth-order valence-corrected chi connectivity index (χ4v) is 6.91. The van der Waals surface area contributed by atoms with Crippen molar-refractivity contribution in [3.63, 3.8) is 0 Å². The Morgan fingerprint density at radius 2 is 0.873 bits per heavy atom. The van der Waals surface area contributed by atoms with Gasteiger partial charge in [0.2, 0.25) is 17.8 Å². The molecule has 374 valence electrons. The maximum atomic E-state index is 11.6. The fourth-order valence-electron chi connectivity index (χ4n) is 5.54. The zero-order valence-corrected chi connectivity index (χ0v) is 38.7. The quantitative estimate of drug-likeness (QED) is 0.0158. The molecule has 0 aliphatic heterocycles. The Hall–Kier alpha value is -8.16. The molecule has 0 amide bonds. The van der Waals surface area contributed by atoms with Crippen LogP contribution in [-0.4, -0.2) is 128 Å². The second-order valence-corrected chi connectivity index (χ2v) is 18.0. The van der Waals surface area contributed by atoms with Gasteiger partial charge in [-0.3, -0.25) is 13.9 Å². The number of hydrogen-bond acceptors (Lipinski definition) is 21. The third-order valence-electron chi connectivity index (χ3n) is 8.60. The summed E-state index contributed by atoms with van der Waals surface area (Å²) >= 11 is 13.1. The van der Waals surface area contributed by atoms with Crippen molar-refractivity contribution in [3.05, 3.63) is 93.0 Å². The van der Waals surface area contributed by atoms with Crippen LogP contribution in [0.1, 0.15) is 54.3 Å². The molecule has 71 heavy (non-hydrogen) atoms. The lowest BCUT2D eigenvalue weighted by Gasteiger charge is -2.16. The maximum Gasteiger partial charge on any atom is 0.335 e. The SMILES string of the molecule is O=C(O)CNc1nc(Nc2cc(Cl)c(N=Nc3cc(C(=O)O)cc(C(=O)O)c3)cc2OCCCS(=O)(=O)O)nc(Nc2cc(Cl)c(N=Nc3cc(C(=O)O)cc(C(=O)O)c3)cc2OCCCS(=O)(=O)O)n1. The van der Waals surface area contributed by atoms with Crippen LogP contribution in [0.2, 0.25) is 10.0 Å². The second kappa shape index (κ2) is 23.4. The summed E-state index contributed by atoms with van der Waals surface area (Å²) in [6.45, 7) is -1.44. The summed E-state index contributed by atoms with van der Waals surface area (Å²) in [4.78, 5) is 70.7. The van der Waals surface area contributed by atoms with Gasteiger partial charge in [-0.05, 0) is 61.4 Å². The van der Waals surface area contributed by atoms with Gasteiger partial charge in [0.1, 0.15) is 29.4 Å². The van der Waals surface area contributed by atoms with Crippen LogP contribution in [0, 0.1) is 0 Å². The molecular formula is C39H34Cl2N10O18S2. The molecule has 0 fully saturated rings. The van der Waals surface area contributed by atoms with Crippen LogP contribution in [0.3, 0.4) is 0 Å². The Labute approximate surface area is 408 Å². The summed E-state index contributed by atoms with van der Waals surface area (Å²) in [5.41, 5.74) is -2.49. The summed E-state index contributed by atoms with van der Waals surface area (Å²) in [5.74, 6) is -9.99. The van der Waals surface area contributed by atoms with Crippen molar-refractivity contribution in [1.29, 1.82) is 0 Å². The summed E-state index contributed by atoms with van der Waals surface area (Å²) in [5, 5.41) is 70.8. The molecular weight excluding hydrogens is 1030 g/mol. The second-order valence-electron chi connectivity index (χ2n) is 14.0. The van der Waals surface area contributed by atoms with Gasteiger partial charge in [0.05, 0.1) is 79.8 Å². The highest BCUT2D eigenvalue weighted by atomic mass is 35.5. The zero-order chi connectivity index (χ0) is 52.2. The summed E-state index contributed by atoms with van der Waals surface area (Å²) in [6, 6.07) is 10.7. The van der Waals surface area contributed by atoms with Gasteiger partial charge in [0, 0.05) is 12.1 Å². The zero-order valence-electron chi connectivity index (χ0n) is 35.5. The molecule has 0 atom stereocenters. The Balaban J connectivity index is 1.56. The monoisotopic (exact) mass is 1060 g/mol. The fraction of sp³-hybridized carbons (Fsp3) is 0.179. The number of aromatic carboxylic acids is 4. The van der Waals surface area contributed by atoms with Crippen molar-refractivity contribution in [3.8, 4) is 11.5 Å². The standard InChI is InChI=1S/C39H34Cl2N10O18S2/c40-24-13-28(30(68-3-1-5-70(62,63)64)15-26(24)50-48-22-9-18(33(54)55)7-19(10-22)34(56)57)43-38-45-37(42-17-32(52)53)46-39(47-38)44-29-14-25(41)27(16-31(29)69-4-2-6-71(65,66)67)51-49-23-11-20(35(58)59)8-21(12-23)36(60)61/h7-16H,1-6,17H2,(H,52,53)(H,54,55)(H,56,57)(H,58,59)(H,60,61)(H,62,63,64)(H,65,66,67)(H3,42,43,44,45,46,47). The molecule has 0 unspecified atom stereocenters. The van der Waals surface area contributed by atoms with E-state index in [0.29, 0.717) is 0 Å². The van der Waals surface area contributed by atoms with Gasteiger partial charge >= 0.3 is 29.8 Å². The molecule has 1 aromatic heterocycles. The molecule has 0 saturated heterocycles. The van der Waals surface area contributed by atoms with E-state index in [4.69, 9.17) is 32.7 Å². The first-order chi connectivity index (χ1) is 33.3. The lowest BCUT2D eigenvalue weighted by atomic mass is 10.1. The van der Waals surface area contributed by atoms with E-state index in [1.165, 1.54) is 24.3 Å². The topological polar surface area (TPSA) is 438 Å². The Morgan fingerprint density at radius 3 is 1.20 bits per heavy atom. The van der Waals surface area contributed by atoms with Crippen molar-refractivity contribution in [2.45, 2.75) is 12.8 Å². The number of aliphatic carboxylic acids is 1. The van der Waals surface area contributed by atoms with Crippen molar-refractivity contribution in [1.82, 2.24) is 15.0 Å². The molecule has 0 aliphatic carbocycles. The number of carboxylic acid groups (broad SMARTS) is 5. The number of ether oxygens (including phenoxy) is 2.